The Bertz CT molecular complexity index is 619. The third-order valence-electron chi connectivity index (χ3n) is 2.39. The fraction of sp³-hybridized carbons (Fsp3) is 0.182. The van der Waals surface area contributed by atoms with Crippen LogP contribution in [0.2, 0.25) is 5.02 Å². The zero-order valence-electron chi connectivity index (χ0n) is 9.55. The van der Waals surface area contributed by atoms with E-state index in [0.29, 0.717) is 10.7 Å². The van der Waals surface area contributed by atoms with E-state index in [4.69, 9.17) is 11.6 Å². The molecule has 0 bridgehead atoms. The lowest BCUT2D eigenvalue weighted by molar-refractivity contribution is -0.119. The summed E-state index contributed by atoms with van der Waals surface area (Å²) < 4.78 is 1.45. The molecule has 2 heterocycles. The van der Waals surface area contributed by atoms with E-state index in [2.05, 4.69) is 15.4 Å². The van der Waals surface area contributed by atoms with Crippen molar-refractivity contribution in [2.24, 2.45) is 0 Å². The van der Waals surface area contributed by atoms with Crippen LogP contribution in [0.15, 0.2) is 35.5 Å². The molecule has 0 radical (unpaired) electrons. The number of anilines is 1. The molecule has 0 aliphatic heterocycles. The molecule has 1 unspecified atom stereocenters. The van der Waals surface area contributed by atoms with E-state index in [9.17, 15) is 9.59 Å². The fourth-order valence-electron chi connectivity index (χ4n) is 1.42. The van der Waals surface area contributed by atoms with Gasteiger partial charge in [0, 0.05) is 24.1 Å². The summed E-state index contributed by atoms with van der Waals surface area (Å²) in [5.74, 6) is -0.277. The quantitative estimate of drug-likeness (QED) is 0.882. The van der Waals surface area contributed by atoms with E-state index in [0.717, 1.165) is 0 Å². The third kappa shape index (κ3) is 2.78. The van der Waals surface area contributed by atoms with Gasteiger partial charge in [0.1, 0.15) is 6.04 Å². The van der Waals surface area contributed by atoms with Gasteiger partial charge in [0.25, 0.3) is 0 Å². The van der Waals surface area contributed by atoms with Crippen LogP contribution in [-0.2, 0) is 4.79 Å². The van der Waals surface area contributed by atoms with Gasteiger partial charge < -0.3 is 10.3 Å². The van der Waals surface area contributed by atoms with Gasteiger partial charge in [-0.3, -0.25) is 14.3 Å². The van der Waals surface area contributed by atoms with Crippen LogP contribution in [0, 0.1) is 0 Å². The molecular formula is C11H11ClN4O2. The van der Waals surface area contributed by atoms with E-state index in [-0.39, 0.29) is 11.5 Å². The number of pyridine rings is 1. The number of nitrogens with zero attached hydrogens (tertiary/aromatic N) is 2. The van der Waals surface area contributed by atoms with Crippen LogP contribution in [0.1, 0.15) is 13.0 Å². The Balaban J connectivity index is 2.10. The first-order valence-corrected chi connectivity index (χ1v) is 5.63. The van der Waals surface area contributed by atoms with Crippen molar-refractivity contribution in [2.45, 2.75) is 13.0 Å². The number of rotatable bonds is 3. The largest absolute Gasteiger partial charge is 0.329 e. The Hall–Kier alpha value is -2.08. The Kier molecular flexibility index (Phi) is 3.47. The van der Waals surface area contributed by atoms with Gasteiger partial charge in [-0.2, -0.15) is 5.10 Å². The molecule has 2 aromatic rings. The van der Waals surface area contributed by atoms with Crippen molar-refractivity contribution in [3.8, 4) is 0 Å². The van der Waals surface area contributed by atoms with Crippen molar-refractivity contribution < 1.29 is 4.79 Å². The fourth-order valence-corrected chi connectivity index (χ4v) is 1.56. The number of hydrogen-bond donors (Lipinski definition) is 2. The van der Waals surface area contributed by atoms with Gasteiger partial charge in [0.05, 0.1) is 11.2 Å². The zero-order chi connectivity index (χ0) is 13.1. The van der Waals surface area contributed by atoms with Crippen molar-refractivity contribution >= 4 is 23.2 Å². The molecular weight excluding hydrogens is 256 g/mol. The molecule has 0 aliphatic carbocycles. The highest BCUT2D eigenvalue weighted by Gasteiger charge is 2.15. The normalized spacial score (nSPS) is 12.1. The topological polar surface area (TPSA) is 79.8 Å². The monoisotopic (exact) mass is 266 g/mol. The molecule has 2 rings (SSSR count). The number of carbonyl (C=O) groups excluding carboxylic acids is 1. The van der Waals surface area contributed by atoms with E-state index < -0.39 is 6.04 Å². The summed E-state index contributed by atoms with van der Waals surface area (Å²) in [7, 11) is 0. The minimum Gasteiger partial charge on any atom is -0.329 e. The standard InChI is InChI=1S/C11H11ClN4O2/c1-7(16-6-8(12)5-14-16)11(18)15-9-2-3-13-10(17)4-9/h2-7H,1H3,(H2,13,15,17,18). The van der Waals surface area contributed by atoms with Gasteiger partial charge in [0.15, 0.2) is 0 Å². The number of halogens is 1. The van der Waals surface area contributed by atoms with E-state index in [1.807, 2.05) is 0 Å². The second-order valence-corrected chi connectivity index (χ2v) is 4.18. The maximum absolute atomic E-state index is 11.9. The molecule has 0 fully saturated rings. The van der Waals surface area contributed by atoms with Crippen LogP contribution < -0.4 is 10.9 Å². The summed E-state index contributed by atoms with van der Waals surface area (Å²) in [6.07, 6.45) is 4.48. The highest BCUT2D eigenvalue weighted by molar-refractivity contribution is 6.30. The maximum atomic E-state index is 11.9. The Labute approximate surface area is 108 Å². The molecule has 0 aliphatic rings. The van der Waals surface area contributed by atoms with Crippen LogP contribution in [0.4, 0.5) is 5.69 Å². The van der Waals surface area contributed by atoms with Crippen molar-refractivity contribution in [2.75, 3.05) is 5.32 Å². The van der Waals surface area contributed by atoms with E-state index in [1.165, 1.54) is 23.1 Å². The summed E-state index contributed by atoms with van der Waals surface area (Å²) >= 11 is 5.73. The van der Waals surface area contributed by atoms with Gasteiger partial charge in [-0.25, -0.2) is 0 Å². The Morgan fingerprint density at radius 3 is 3.00 bits per heavy atom. The van der Waals surface area contributed by atoms with Crippen molar-refractivity contribution in [1.29, 1.82) is 0 Å². The molecule has 0 aromatic carbocycles. The average Bonchev–Trinajstić information content (AvgIpc) is 2.75. The van der Waals surface area contributed by atoms with Crippen molar-refractivity contribution in [3.63, 3.8) is 0 Å². The molecule has 1 atom stereocenters. The third-order valence-corrected chi connectivity index (χ3v) is 2.58. The number of carbonyl (C=O) groups is 1. The lowest BCUT2D eigenvalue weighted by Gasteiger charge is -2.12. The van der Waals surface area contributed by atoms with Gasteiger partial charge in [-0.05, 0) is 13.0 Å². The number of amides is 1. The van der Waals surface area contributed by atoms with E-state index in [1.54, 1.807) is 19.2 Å². The molecule has 94 valence electrons. The average molecular weight is 267 g/mol. The second kappa shape index (κ2) is 5.05. The SMILES string of the molecule is CC(C(=O)Nc1cc[nH]c(=O)c1)n1cc(Cl)cn1. The predicted octanol–water partition coefficient (Wildman–Crippen LogP) is 1.42. The Morgan fingerprint density at radius 1 is 1.61 bits per heavy atom. The molecule has 0 saturated carbocycles. The first-order chi connectivity index (χ1) is 8.56. The smallest absolute Gasteiger partial charge is 0.249 e. The van der Waals surface area contributed by atoms with Crippen molar-refractivity contribution in [3.05, 3.63) is 46.1 Å². The minimum atomic E-state index is -0.517. The summed E-state index contributed by atoms with van der Waals surface area (Å²) in [6, 6.07) is 2.39. The van der Waals surface area contributed by atoms with Crippen molar-refractivity contribution in [1.82, 2.24) is 14.8 Å². The zero-order valence-corrected chi connectivity index (χ0v) is 10.3. The van der Waals surface area contributed by atoms with E-state index >= 15 is 0 Å². The number of nitrogens with one attached hydrogen (secondary N) is 2. The van der Waals surface area contributed by atoms with Gasteiger partial charge in [0.2, 0.25) is 11.5 Å². The first kappa shape index (κ1) is 12.4. The van der Waals surface area contributed by atoms with Gasteiger partial charge >= 0.3 is 0 Å². The predicted molar refractivity (Wildman–Crippen MR) is 67.6 cm³/mol. The minimum absolute atomic E-state index is 0.275. The summed E-state index contributed by atoms with van der Waals surface area (Å²) in [5.41, 5.74) is 0.163. The number of H-pyrrole nitrogens is 1. The number of aromatic amines is 1. The molecule has 2 aromatic heterocycles. The molecule has 6 nitrogen and oxygen atoms in total. The summed E-state index contributed by atoms with van der Waals surface area (Å²) in [4.78, 5) is 25.4. The highest BCUT2D eigenvalue weighted by Crippen LogP contribution is 2.12. The maximum Gasteiger partial charge on any atom is 0.249 e. The lowest BCUT2D eigenvalue weighted by atomic mass is 10.3. The summed E-state index contributed by atoms with van der Waals surface area (Å²) in [6.45, 7) is 1.69. The first-order valence-electron chi connectivity index (χ1n) is 5.25. The van der Waals surface area contributed by atoms with Crippen LogP contribution >= 0.6 is 11.6 Å². The van der Waals surface area contributed by atoms with Gasteiger partial charge in [-0.15, -0.1) is 0 Å². The second-order valence-electron chi connectivity index (χ2n) is 3.75. The number of aromatic nitrogens is 3. The molecule has 7 heteroatoms. The molecule has 2 N–H and O–H groups in total. The van der Waals surface area contributed by atoms with Crippen LogP contribution in [0.25, 0.3) is 0 Å². The lowest BCUT2D eigenvalue weighted by Crippen LogP contribution is -2.24. The van der Waals surface area contributed by atoms with Crippen LogP contribution in [0.5, 0.6) is 0 Å². The van der Waals surface area contributed by atoms with Crippen LogP contribution in [-0.4, -0.2) is 20.7 Å². The Morgan fingerprint density at radius 2 is 2.39 bits per heavy atom. The molecule has 1 amide bonds. The highest BCUT2D eigenvalue weighted by atomic mass is 35.5. The van der Waals surface area contributed by atoms with Crippen LogP contribution in [0.3, 0.4) is 0 Å². The van der Waals surface area contributed by atoms with Gasteiger partial charge in [-0.1, -0.05) is 11.6 Å². The summed E-state index contributed by atoms with van der Waals surface area (Å²) in [5, 5.41) is 7.04. The number of hydrogen-bond acceptors (Lipinski definition) is 3. The molecule has 0 saturated heterocycles. The molecule has 0 spiro atoms. The molecule has 18 heavy (non-hydrogen) atoms.